The van der Waals surface area contributed by atoms with Crippen LogP contribution in [0.5, 0.6) is 0 Å². The first-order valence-electron chi connectivity index (χ1n) is 8.17. The third-order valence-corrected chi connectivity index (χ3v) is 5.08. The van der Waals surface area contributed by atoms with E-state index in [1.165, 1.54) is 16.7 Å². The molecule has 0 spiro atoms. The molecule has 1 saturated heterocycles. The van der Waals surface area contributed by atoms with Crippen LogP contribution in [0.2, 0.25) is 0 Å². The summed E-state index contributed by atoms with van der Waals surface area (Å²) in [7, 11) is 0. The summed E-state index contributed by atoms with van der Waals surface area (Å²) in [6, 6.07) is 7.82. The van der Waals surface area contributed by atoms with E-state index in [0.717, 1.165) is 11.1 Å². The Hall–Kier alpha value is -2.19. The number of amides is 2. The van der Waals surface area contributed by atoms with Crippen LogP contribution in [0.15, 0.2) is 29.2 Å². The SMILES string of the molecule is Cc1ccc(/C=C2\SC(=S)N(CCC(=O)NCCCC(=O)O)C2=O)cc1. The second-order valence-electron chi connectivity index (χ2n) is 5.84. The number of benzene rings is 1. The second kappa shape index (κ2) is 9.49. The van der Waals surface area contributed by atoms with E-state index in [1.54, 1.807) is 6.08 Å². The summed E-state index contributed by atoms with van der Waals surface area (Å²) in [4.78, 5) is 36.7. The number of aliphatic carboxylic acids is 1. The molecule has 1 aromatic carbocycles. The highest BCUT2D eigenvalue weighted by atomic mass is 32.2. The zero-order valence-corrected chi connectivity index (χ0v) is 16.0. The number of carbonyl (C=O) groups excluding carboxylic acids is 2. The van der Waals surface area contributed by atoms with Gasteiger partial charge in [-0.15, -0.1) is 0 Å². The fourth-order valence-electron chi connectivity index (χ4n) is 2.28. The molecule has 2 amide bonds. The van der Waals surface area contributed by atoms with Gasteiger partial charge in [-0.2, -0.15) is 0 Å². The van der Waals surface area contributed by atoms with Gasteiger partial charge in [0.05, 0.1) is 4.91 Å². The number of thiocarbonyl (C=S) groups is 1. The maximum atomic E-state index is 12.5. The first-order valence-corrected chi connectivity index (χ1v) is 9.40. The first kappa shape index (κ1) is 20.1. The minimum Gasteiger partial charge on any atom is -0.481 e. The number of rotatable bonds is 8. The standard InChI is InChI=1S/C18H20N2O4S2/c1-12-4-6-13(7-5-12)11-14-17(24)20(18(25)26-14)10-8-15(21)19-9-2-3-16(22)23/h4-7,11H,2-3,8-10H2,1H3,(H,19,21)(H,22,23)/b14-11-. The van der Waals surface area contributed by atoms with E-state index in [-0.39, 0.29) is 31.2 Å². The molecule has 2 rings (SSSR count). The van der Waals surface area contributed by atoms with Crippen LogP contribution in [0, 0.1) is 6.92 Å². The Labute approximate surface area is 161 Å². The van der Waals surface area contributed by atoms with E-state index >= 15 is 0 Å². The monoisotopic (exact) mass is 392 g/mol. The van der Waals surface area contributed by atoms with E-state index < -0.39 is 5.97 Å². The maximum Gasteiger partial charge on any atom is 0.303 e. The van der Waals surface area contributed by atoms with Gasteiger partial charge in [-0.05, 0) is 25.0 Å². The van der Waals surface area contributed by atoms with Gasteiger partial charge in [0.25, 0.3) is 5.91 Å². The van der Waals surface area contributed by atoms with Gasteiger partial charge in [0.1, 0.15) is 4.32 Å². The van der Waals surface area contributed by atoms with Crippen LogP contribution >= 0.6 is 24.0 Å². The number of hydrogen-bond acceptors (Lipinski definition) is 5. The van der Waals surface area contributed by atoms with Gasteiger partial charge in [0.2, 0.25) is 5.91 Å². The number of hydrogen-bond donors (Lipinski definition) is 2. The molecule has 0 saturated carbocycles. The number of nitrogens with zero attached hydrogens (tertiary/aromatic N) is 1. The molecule has 1 heterocycles. The smallest absolute Gasteiger partial charge is 0.303 e. The predicted molar refractivity (Wildman–Crippen MR) is 106 cm³/mol. The Balaban J connectivity index is 1.85. The van der Waals surface area contributed by atoms with Gasteiger partial charge < -0.3 is 10.4 Å². The molecule has 0 bridgehead atoms. The number of carboxylic acids is 1. The van der Waals surface area contributed by atoms with E-state index in [0.29, 0.717) is 22.2 Å². The highest BCUT2D eigenvalue weighted by Gasteiger charge is 2.31. The Morgan fingerprint density at radius 2 is 1.96 bits per heavy atom. The van der Waals surface area contributed by atoms with Gasteiger partial charge in [0, 0.05) is 25.9 Å². The molecule has 1 aliphatic heterocycles. The molecule has 0 radical (unpaired) electrons. The summed E-state index contributed by atoms with van der Waals surface area (Å²) in [6.45, 7) is 2.51. The van der Waals surface area contributed by atoms with Crippen molar-refractivity contribution in [3.8, 4) is 0 Å². The molecule has 26 heavy (non-hydrogen) atoms. The van der Waals surface area contributed by atoms with E-state index in [2.05, 4.69) is 5.32 Å². The Kier molecular flexibility index (Phi) is 7.35. The lowest BCUT2D eigenvalue weighted by Gasteiger charge is -2.14. The van der Waals surface area contributed by atoms with Crippen molar-refractivity contribution < 1.29 is 19.5 Å². The minimum atomic E-state index is -0.892. The van der Waals surface area contributed by atoms with Crippen LogP contribution in [0.25, 0.3) is 6.08 Å². The fourth-order valence-corrected chi connectivity index (χ4v) is 3.58. The Morgan fingerprint density at radius 3 is 2.62 bits per heavy atom. The molecule has 0 aromatic heterocycles. The molecule has 6 nitrogen and oxygen atoms in total. The summed E-state index contributed by atoms with van der Waals surface area (Å²) in [6.07, 6.45) is 2.31. The van der Waals surface area contributed by atoms with Crippen LogP contribution in [0.1, 0.15) is 30.4 Å². The van der Waals surface area contributed by atoms with Gasteiger partial charge in [0.15, 0.2) is 0 Å². The molecule has 1 fully saturated rings. The molecular formula is C18H20N2O4S2. The summed E-state index contributed by atoms with van der Waals surface area (Å²) >= 11 is 6.48. The van der Waals surface area contributed by atoms with Gasteiger partial charge in [-0.25, -0.2) is 0 Å². The van der Waals surface area contributed by atoms with Gasteiger partial charge in [-0.3, -0.25) is 19.3 Å². The summed E-state index contributed by atoms with van der Waals surface area (Å²) in [5.74, 6) is -1.32. The number of aryl methyl sites for hydroxylation is 1. The maximum absolute atomic E-state index is 12.5. The molecule has 1 aromatic rings. The second-order valence-corrected chi connectivity index (χ2v) is 7.52. The largest absolute Gasteiger partial charge is 0.481 e. The van der Waals surface area contributed by atoms with Crippen molar-refractivity contribution in [2.24, 2.45) is 0 Å². The molecule has 0 unspecified atom stereocenters. The third kappa shape index (κ3) is 5.96. The zero-order valence-electron chi connectivity index (χ0n) is 14.4. The number of carbonyl (C=O) groups is 3. The van der Waals surface area contributed by atoms with Crippen molar-refractivity contribution >= 4 is 52.2 Å². The molecule has 0 atom stereocenters. The number of carboxylic acid groups (broad SMARTS) is 1. The molecule has 2 N–H and O–H groups in total. The van der Waals surface area contributed by atoms with Crippen LogP contribution in [0.4, 0.5) is 0 Å². The Bertz CT molecular complexity index is 744. The van der Waals surface area contributed by atoms with Gasteiger partial charge in [-0.1, -0.05) is 53.8 Å². The van der Waals surface area contributed by atoms with Crippen molar-refractivity contribution in [1.82, 2.24) is 10.2 Å². The average molecular weight is 393 g/mol. The summed E-state index contributed by atoms with van der Waals surface area (Å²) < 4.78 is 0.437. The van der Waals surface area contributed by atoms with Crippen molar-refractivity contribution in [2.45, 2.75) is 26.2 Å². The zero-order chi connectivity index (χ0) is 19.1. The third-order valence-electron chi connectivity index (χ3n) is 3.70. The quantitative estimate of drug-likeness (QED) is 0.402. The highest BCUT2D eigenvalue weighted by molar-refractivity contribution is 8.26. The lowest BCUT2D eigenvalue weighted by atomic mass is 10.1. The van der Waals surface area contributed by atoms with Crippen LogP contribution in [-0.2, 0) is 14.4 Å². The fraction of sp³-hybridized carbons (Fsp3) is 0.333. The summed E-state index contributed by atoms with van der Waals surface area (Å²) in [5, 5.41) is 11.2. The van der Waals surface area contributed by atoms with Crippen LogP contribution < -0.4 is 5.32 Å². The number of nitrogens with one attached hydrogen (secondary N) is 1. The topological polar surface area (TPSA) is 86.7 Å². The van der Waals surface area contributed by atoms with E-state index in [4.69, 9.17) is 17.3 Å². The van der Waals surface area contributed by atoms with E-state index in [1.807, 2.05) is 31.2 Å². The van der Waals surface area contributed by atoms with Crippen LogP contribution in [0.3, 0.4) is 0 Å². The first-order chi connectivity index (χ1) is 12.4. The molecule has 1 aliphatic rings. The van der Waals surface area contributed by atoms with Crippen LogP contribution in [-0.4, -0.2) is 45.2 Å². The normalized spacial score (nSPS) is 15.6. The predicted octanol–water partition coefficient (Wildman–Crippen LogP) is 2.57. The number of thioether (sulfide) groups is 1. The van der Waals surface area contributed by atoms with Crippen molar-refractivity contribution in [2.75, 3.05) is 13.1 Å². The lowest BCUT2D eigenvalue weighted by molar-refractivity contribution is -0.137. The van der Waals surface area contributed by atoms with E-state index in [9.17, 15) is 14.4 Å². The molecule has 0 aliphatic carbocycles. The van der Waals surface area contributed by atoms with Gasteiger partial charge >= 0.3 is 5.97 Å². The van der Waals surface area contributed by atoms with Crippen molar-refractivity contribution in [1.29, 1.82) is 0 Å². The summed E-state index contributed by atoms with van der Waals surface area (Å²) in [5.41, 5.74) is 2.07. The molecular weight excluding hydrogens is 372 g/mol. The average Bonchev–Trinajstić information content (AvgIpc) is 2.85. The lowest BCUT2D eigenvalue weighted by Crippen LogP contribution is -2.33. The minimum absolute atomic E-state index is 0.0127. The Morgan fingerprint density at radius 1 is 1.27 bits per heavy atom. The molecule has 138 valence electrons. The van der Waals surface area contributed by atoms with Crippen molar-refractivity contribution in [3.05, 3.63) is 40.3 Å². The highest BCUT2D eigenvalue weighted by Crippen LogP contribution is 2.32. The molecule has 8 heteroatoms. The van der Waals surface area contributed by atoms with Crippen molar-refractivity contribution in [3.63, 3.8) is 0 Å².